The summed E-state index contributed by atoms with van der Waals surface area (Å²) in [5.41, 5.74) is 21.5. The predicted octanol–water partition coefficient (Wildman–Crippen LogP) is 11.8. The lowest BCUT2D eigenvalue weighted by Crippen LogP contribution is -2.32. The molecule has 0 aliphatic heterocycles. The van der Waals surface area contributed by atoms with Gasteiger partial charge in [-0.3, -0.25) is 9.56 Å². The number of ether oxygens (including phenoxy) is 3. The molecule has 60 heavy (non-hydrogen) atoms. The SMILES string of the molecule is CCCCC(C)(Oc1ccc(/C=N/N(C)[PH](=S)C(C)(CCC)Oc2ccc(/C=N/N(C)[PH](=S)C(C)Oc3ccc(/C=N/N(C)P(=S)(Cl)Cl)cc3)cc2)cc1)P(N)P(N)PN. The van der Waals surface area contributed by atoms with Crippen LogP contribution < -0.4 is 30.7 Å². The van der Waals surface area contributed by atoms with Crippen LogP contribution in [0.1, 0.15) is 83.4 Å². The van der Waals surface area contributed by atoms with E-state index in [0.717, 1.165) is 60.3 Å². The zero-order valence-corrected chi connectivity index (χ0v) is 44.9. The van der Waals surface area contributed by atoms with Crippen LogP contribution in [0.2, 0.25) is 0 Å². The van der Waals surface area contributed by atoms with E-state index in [1.54, 1.807) is 24.3 Å². The molecule has 0 aliphatic rings. The summed E-state index contributed by atoms with van der Waals surface area (Å²) in [6.07, 6.45) is 9.79. The van der Waals surface area contributed by atoms with E-state index in [-0.39, 0.29) is 14.3 Å². The van der Waals surface area contributed by atoms with E-state index in [9.17, 15) is 0 Å². The molecule has 332 valence electrons. The quantitative estimate of drug-likeness (QED) is 0.0421. The molecule has 0 heterocycles. The third kappa shape index (κ3) is 16.9. The molecule has 0 fully saturated rings. The molecule has 0 saturated carbocycles. The molecule has 0 bridgehead atoms. The Bertz CT molecular complexity index is 1990. The van der Waals surface area contributed by atoms with E-state index in [1.165, 1.54) is 4.78 Å². The number of hydrazone groups is 3. The maximum atomic E-state index is 6.64. The van der Waals surface area contributed by atoms with Crippen LogP contribution in [0.5, 0.6) is 17.2 Å². The lowest BCUT2D eigenvalue weighted by Gasteiger charge is -2.38. The second kappa shape index (κ2) is 25.6. The van der Waals surface area contributed by atoms with Gasteiger partial charge in [0.2, 0.25) is 4.89 Å². The van der Waals surface area contributed by atoms with Gasteiger partial charge in [-0.15, -0.1) is 0 Å². The second-order valence-electron chi connectivity index (χ2n) is 14.1. The predicted molar refractivity (Wildman–Crippen MR) is 280 cm³/mol. The molecule has 8 atom stereocenters. The minimum Gasteiger partial charge on any atom is -0.484 e. The van der Waals surface area contributed by atoms with Crippen molar-refractivity contribution in [2.45, 2.75) is 83.3 Å². The lowest BCUT2D eigenvalue weighted by atomic mass is 10.1. The molecule has 0 spiro atoms. The Hall–Kier alpha value is -0.830. The topological polar surface area (TPSA) is 153 Å². The van der Waals surface area contributed by atoms with Gasteiger partial charge in [-0.2, -0.15) is 15.3 Å². The molecule has 0 aromatic heterocycles. The Morgan fingerprint density at radius 3 is 1.72 bits per heavy atom. The summed E-state index contributed by atoms with van der Waals surface area (Å²) in [5, 5.41) is 12.5. The zero-order chi connectivity index (χ0) is 44.7. The van der Waals surface area contributed by atoms with Crippen molar-refractivity contribution in [1.82, 2.24) is 14.3 Å². The number of hydrogen-bond acceptors (Lipinski definition) is 12. The molecular weight excluding hydrogens is 971 g/mol. The van der Waals surface area contributed by atoms with Gasteiger partial charge >= 0.3 is 0 Å². The number of rotatable bonds is 25. The molecule has 23 heteroatoms. The highest BCUT2D eigenvalue weighted by Crippen LogP contribution is 2.74. The molecule has 6 N–H and O–H groups in total. The molecule has 3 aromatic rings. The summed E-state index contributed by atoms with van der Waals surface area (Å²) in [6.45, 7) is 7.08. The Morgan fingerprint density at radius 1 is 0.783 bits per heavy atom. The number of nitrogens with two attached hydrogens (primary N) is 3. The highest BCUT2D eigenvalue weighted by Gasteiger charge is 2.37. The van der Waals surface area contributed by atoms with Crippen LogP contribution in [0, 0.1) is 0 Å². The van der Waals surface area contributed by atoms with Gasteiger partial charge in [-0.25, -0.2) is 4.78 Å². The maximum absolute atomic E-state index is 6.64. The van der Waals surface area contributed by atoms with E-state index < -0.39 is 44.5 Å². The van der Waals surface area contributed by atoms with Crippen molar-refractivity contribution in [2.75, 3.05) is 21.1 Å². The summed E-state index contributed by atoms with van der Waals surface area (Å²) in [5.74, 6) is 1.93. The van der Waals surface area contributed by atoms with Crippen molar-refractivity contribution < 1.29 is 14.2 Å². The summed E-state index contributed by atoms with van der Waals surface area (Å²) in [7, 11) is 3.54. The van der Waals surface area contributed by atoms with Gasteiger partial charge in [-0.1, -0.05) is 50.3 Å². The van der Waals surface area contributed by atoms with Crippen molar-refractivity contribution >= 4 is 119 Å². The molecule has 0 amide bonds. The Kier molecular flexibility index (Phi) is 22.8. The van der Waals surface area contributed by atoms with Gasteiger partial charge < -0.3 is 30.7 Å². The maximum Gasteiger partial charge on any atom is 0.222 e. The first kappa shape index (κ1) is 53.5. The second-order valence-corrected chi connectivity index (χ2v) is 37.2. The van der Waals surface area contributed by atoms with Crippen LogP contribution in [-0.2, 0) is 35.4 Å². The number of benzene rings is 3. The Morgan fingerprint density at radius 2 is 1.25 bits per heavy atom. The summed E-state index contributed by atoms with van der Waals surface area (Å²) in [4.78, 5) is -2.66. The fourth-order valence-corrected chi connectivity index (χ4v) is 15.8. The standard InChI is InChI=1S/C37H59Cl2N9O3P6S3/c1-9-11-25-36(4,54(41)56(42)52-40)50-34-20-14-31(15-21-34)27-44-47(7)55(59)37(5,24-10-2)51-35-22-16-30(17-23-35)26-43-46(6)53(58)29(3)49-33-18-12-32(13-19-33)28-45-48(8)57(38,39)60/h12-23,26-29,52-53,55H,9-11,24-25,40-42H2,1-8H3/b43-26+,44-27+,45-28+. The van der Waals surface area contributed by atoms with Gasteiger partial charge in [0.25, 0.3) is 0 Å². The van der Waals surface area contributed by atoms with Crippen LogP contribution in [0.4, 0.5) is 0 Å². The van der Waals surface area contributed by atoms with E-state index >= 15 is 0 Å². The van der Waals surface area contributed by atoms with E-state index in [4.69, 9.17) is 93.7 Å². The summed E-state index contributed by atoms with van der Waals surface area (Å²) >= 11 is 29.1. The fraction of sp³-hybridized carbons (Fsp3) is 0.432. The Labute approximate surface area is 387 Å². The molecule has 8 unspecified atom stereocenters. The van der Waals surface area contributed by atoms with Crippen molar-refractivity contribution in [3.63, 3.8) is 0 Å². The van der Waals surface area contributed by atoms with Gasteiger partial charge in [0, 0.05) is 28.6 Å². The average molecular weight is 1030 g/mol. The third-order valence-corrected chi connectivity index (χ3v) is 27.7. The van der Waals surface area contributed by atoms with Crippen molar-refractivity contribution in [2.24, 2.45) is 31.8 Å². The van der Waals surface area contributed by atoms with Gasteiger partial charge in [0.1, 0.15) is 33.8 Å². The van der Waals surface area contributed by atoms with Crippen molar-refractivity contribution in [1.29, 1.82) is 0 Å². The number of unbranched alkanes of at least 4 members (excludes halogenated alkanes) is 1. The summed E-state index contributed by atoms with van der Waals surface area (Å²) < 4.78 is 24.4. The summed E-state index contributed by atoms with van der Waals surface area (Å²) in [6, 6.07) is 23.1. The normalized spacial score (nSPS) is 16.9. The highest BCUT2D eigenvalue weighted by atomic mass is 35.9. The Balaban J connectivity index is 1.59. The van der Waals surface area contributed by atoms with Gasteiger partial charge in [-0.05, 0) is 172 Å². The van der Waals surface area contributed by atoms with Crippen LogP contribution in [0.3, 0.4) is 0 Å². The largest absolute Gasteiger partial charge is 0.484 e. The minimum atomic E-state index is -2.66. The molecule has 12 nitrogen and oxygen atoms in total. The molecule has 0 radical (unpaired) electrons. The third-order valence-electron chi connectivity index (χ3n) is 9.09. The van der Waals surface area contributed by atoms with Crippen LogP contribution in [0.15, 0.2) is 88.1 Å². The average Bonchev–Trinajstić information content (AvgIpc) is 3.23. The van der Waals surface area contributed by atoms with Crippen molar-refractivity contribution in [3.05, 3.63) is 89.5 Å². The van der Waals surface area contributed by atoms with E-state index in [1.807, 2.05) is 105 Å². The molecule has 3 aromatic carbocycles. The first-order valence-electron chi connectivity index (χ1n) is 19.1. The van der Waals surface area contributed by atoms with Crippen LogP contribution in [-0.4, -0.2) is 70.7 Å². The monoisotopic (exact) mass is 1030 g/mol. The molecule has 0 saturated heterocycles. The number of nitrogens with zero attached hydrogens (tertiary/aromatic N) is 6. The fourth-order valence-electron chi connectivity index (χ4n) is 5.56. The van der Waals surface area contributed by atoms with Crippen LogP contribution in [0.25, 0.3) is 0 Å². The number of hydrogen-bond donors (Lipinski definition) is 3. The van der Waals surface area contributed by atoms with Crippen molar-refractivity contribution in [3.8, 4) is 17.2 Å². The smallest absolute Gasteiger partial charge is 0.222 e. The first-order chi connectivity index (χ1) is 28.2. The molecule has 3 rings (SSSR count). The van der Waals surface area contributed by atoms with Crippen LogP contribution >= 0.6 is 64.7 Å². The van der Waals surface area contributed by atoms with E-state index in [2.05, 4.69) is 37.9 Å². The zero-order valence-electron chi connectivity index (χ0n) is 35.2. The molecular formula is C37H59Cl2N9O3P6S3. The minimum absolute atomic E-state index is 0.133. The van der Waals surface area contributed by atoms with Gasteiger partial charge in [0.05, 0.1) is 40.1 Å². The first-order valence-corrected chi connectivity index (χ1v) is 34.3. The van der Waals surface area contributed by atoms with E-state index in [0.29, 0.717) is 5.75 Å². The lowest BCUT2D eigenvalue weighted by molar-refractivity contribution is 0.164. The molecule has 0 aliphatic carbocycles. The highest BCUT2D eigenvalue weighted by molar-refractivity contribution is 8.55. The number of halogens is 2. The van der Waals surface area contributed by atoms with Gasteiger partial charge in [0.15, 0.2) is 0 Å².